The molecule has 106 valence electrons. The van der Waals surface area contributed by atoms with Crippen LogP contribution in [0.4, 0.5) is 5.82 Å². The molecule has 0 saturated heterocycles. The van der Waals surface area contributed by atoms with E-state index in [2.05, 4.69) is 22.6 Å². The summed E-state index contributed by atoms with van der Waals surface area (Å²) in [5.74, 6) is 1.95. The molecular weight excluding hydrogens is 268 g/mol. The van der Waals surface area contributed by atoms with Gasteiger partial charge in [0.25, 0.3) is 0 Å². The van der Waals surface area contributed by atoms with Gasteiger partial charge in [-0.05, 0) is 32.6 Å². The van der Waals surface area contributed by atoms with Gasteiger partial charge in [0.15, 0.2) is 0 Å². The average Bonchev–Trinajstić information content (AvgIpc) is 3.05. The molecular formula is C15H20N4S. The summed E-state index contributed by atoms with van der Waals surface area (Å²) in [4.78, 5) is 14.0. The van der Waals surface area contributed by atoms with E-state index < -0.39 is 0 Å². The first-order chi connectivity index (χ1) is 9.76. The van der Waals surface area contributed by atoms with Gasteiger partial charge in [0.2, 0.25) is 0 Å². The fourth-order valence-corrected chi connectivity index (χ4v) is 3.22. The first-order valence-corrected chi connectivity index (χ1v) is 8.17. The Bertz CT molecular complexity index is 606. The van der Waals surface area contributed by atoms with Crippen LogP contribution in [0.25, 0.3) is 0 Å². The van der Waals surface area contributed by atoms with Crippen LogP contribution in [0.3, 0.4) is 0 Å². The lowest BCUT2D eigenvalue weighted by molar-refractivity contribution is 0.877. The summed E-state index contributed by atoms with van der Waals surface area (Å²) in [6.45, 7) is 5.18. The lowest BCUT2D eigenvalue weighted by Crippen LogP contribution is -2.10. The van der Waals surface area contributed by atoms with Crippen LogP contribution < -0.4 is 5.32 Å². The van der Waals surface area contributed by atoms with E-state index in [-0.39, 0.29) is 0 Å². The second-order valence-electron chi connectivity index (χ2n) is 5.23. The van der Waals surface area contributed by atoms with E-state index in [1.165, 1.54) is 17.7 Å². The lowest BCUT2D eigenvalue weighted by Gasteiger charge is -2.11. The van der Waals surface area contributed by atoms with Crippen molar-refractivity contribution in [2.24, 2.45) is 0 Å². The smallest absolute Gasteiger partial charge is 0.137 e. The van der Waals surface area contributed by atoms with Gasteiger partial charge in [-0.1, -0.05) is 6.92 Å². The molecule has 4 nitrogen and oxygen atoms in total. The van der Waals surface area contributed by atoms with Crippen molar-refractivity contribution in [1.82, 2.24) is 15.0 Å². The standard InChI is InChI=1S/C15H20N4S/c1-3-7-16-15-12-5-4-6-13(12)18-14(19-15)8-11-9-20-10(2)17-11/h9H,3-8H2,1-2H3,(H,16,18,19). The van der Waals surface area contributed by atoms with Gasteiger partial charge in [-0.25, -0.2) is 15.0 Å². The zero-order chi connectivity index (χ0) is 13.9. The number of aromatic nitrogens is 3. The van der Waals surface area contributed by atoms with Crippen LogP contribution in [0.5, 0.6) is 0 Å². The third-order valence-corrected chi connectivity index (χ3v) is 4.35. The van der Waals surface area contributed by atoms with E-state index in [1.807, 2.05) is 6.92 Å². The van der Waals surface area contributed by atoms with Crippen molar-refractivity contribution < 1.29 is 0 Å². The Kier molecular flexibility index (Phi) is 3.96. The van der Waals surface area contributed by atoms with E-state index in [9.17, 15) is 0 Å². The predicted octanol–water partition coefficient (Wildman–Crippen LogP) is 3.14. The van der Waals surface area contributed by atoms with Crippen molar-refractivity contribution in [2.45, 2.75) is 46.0 Å². The zero-order valence-corrected chi connectivity index (χ0v) is 12.9. The van der Waals surface area contributed by atoms with Gasteiger partial charge in [-0.2, -0.15) is 0 Å². The van der Waals surface area contributed by atoms with Crippen LogP contribution in [-0.2, 0) is 19.3 Å². The van der Waals surface area contributed by atoms with Crippen LogP contribution in [0.2, 0.25) is 0 Å². The Morgan fingerprint density at radius 1 is 1.25 bits per heavy atom. The highest BCUT2D eigenvalue weighted by atomic mass is 32.1. The highest BCUT2D eigenvalue weighted by Gasteiger charge is 2.19. The third kappa shape index (κ3) is 2.82. The number of thiazole rings is 1. The molecule has 2 heterocycles. The summed E-state index contributed by atoms with van der Waals surface area (Å²) < 4.78 is 0. The molecule has 0 bridgehead atoms. The third-order valence-electron chi connectivity index (χ3n) is 3.53. The summed E-state index contributed by atoms with van der Waals surface area (Å²) in [6, 6.07) is 0. The van der Waals surface area contributed by atoms with Crippen LogP contribution in [-0.4, -0.2) is 21.5 Å². The molecule has 2 aromatic heterocycles. The molecule has 1 aliphatic carbocycles. The minimum absolute atomic E-state index is 0.735. The Hall–Kier alpha value is -1.49. The second kappa shape index (κ2) is 5.87. The Labute approximate surface area is 123 Å². The van der Waals surface area contributed by atoms with E-state index in [0.29, 0.717) is 0 Å². The normalized spacial score (nSPS) is 13.5. The summed E-state index contributed by atoms with van der Waals surface area (Å²) in [7, 11) is 0. The van der Waals surface area contributed by atoms with Crippen LogP contribution >= 0.6 is 11.3 Å². The van der Waals surface area contributed by atoms with Gasteiger partial charge in [0.05, 0.1) is 17.1 Å². The molecule has 0 amide bonds. The van der Waals surface area contributed by atoms with Crippen molar-refractivity contribution in [2.75, 3.05) is 11.9 Å². The minimum Gasteiger partial charge on any atom is -0.370 e. The monoisotopic (exact) mass is 288 g/mol. The molecule has 0 atom stereocenters. The maximum atomic E-state index is 4.74. The van der Waals surface area contributed by atoms with Crippen LogP contribution in [0, 0.1) is 6.92 Å². The molecule has 0 spiro atoms. The molecule has 0 saturated carbocycles. The van der Waals surface area contributed by atoms with Crippen molar-refractivity contribution in [3.05, 3.63) is 33.2 Å². The largest absolute Gasteiger partial charge is 0.370 e. The molecule has 3 rings (SSSR count). The second-order valence-corrected chi connectivity index (χ2v) is 6.29. The highest BCUT2D eigenvalue weighted by molar-refractivity contribution is 7.09. The Balaban J connectivity index is 1.87. The molecule has 2 aromatic rings. The van der Waals surface area contributed by atoms with E-state index in [4.69, 9.17) is 9.97 Å². The number of hydrogen-bond donors (Lipinski definition) is 1. The summed E-state index contributed by atoms with van der Waals surface area (Å²) in [6.07, 6.45) is 5.24. The van der Waals surface area contributed by atoms with Crippen molar-refractivity contribution in [1.29, 1.82) is 0 Å². The average molecular weight is 288 g/mol. The number of hydrogen-bond acceptors (Lipinski definition) is 5. The highest BCUT2D eigenvalue weighted by Crippen LogP contribution is 2.26. The number of nitrogens with zero attached hydrogens (tertiary/aromatic N) is 3. The number of fused-ring (bicyclic) bond motifs is 1. The fourth-order valence-electron chi connectivity index (χ4n) is 2.60. The molecule has 0 aliphatic heterocycles. The van der Waals surface area contributed by atoms with Gasteiger partial charge < -0.3 is 5.32 Å². The maximum Gasteiger partial charge on any atom is 0.137 e. The zero-order valence-electron chi connectivity index (χ0n) is 12.1. The number of anilines is 1. The van der Waals surface area contributed by atoms with Crippen molar-refractivity contribution in [3.63, 3.8) is 0 Å². The molecule has 0 fully saturated rings. The Morgan fingerprint density at radius 2 is 2.15 bits per heavy atom. The molecule has 0 unspecified atom stereocenters. The van der Waals surface area contributed by atoms with Crippen molar-refractivity contribution in [3.8, 4) is 0 Å². The van der Waals surface area contributed by atoms with Gasteiger partial charge in [0.1, 0.15) is 11.6 Å². The lowest BCUT2D eigenvalue weighted by atomic mass is 10.2. The van der Waals surface area contributed by atoms with E-state index in [1.54, 1.807) is 11.3 Å². The Morgan fingerprint density at radius 3 is 2.90 bits per heavy atom. The summed E-state index contributed by atoms with van der Waals surface area (Å²) in [5.41, 5.74) is 3.64. The fraction of sp³-hybridized carbons (Fsp3) is 0.533. The molecule has 1 aliphatic rings. The van der Waals surface area contributed by atoms with Gasteiger partial charge in [-0.3, -0.25) is 0 Å². The van der Waals surface area contributed by atoms with E-state index >= 15 is 0 Å². The number of aryl methyl sites for hydroxylation is 2. The summed E-state index contributed by atoms with van der Waals surface area (Å²) in [5, 5.41) is 6.66. The predicted molar refractivity (Wildman–Crippen MR) is 82.5 cm³/mol. The number of rotatable bonds is 5. The molecule has 0 radical (unpaired) electrons. The molecule has 0 aromatic carbocycles. The molecule has 20 heavy (non-hydrogen) atoms. The maximum absolute atomic E-state index is 4.74. The van der Waals surface area contributed by atoms with Gasteiger partial charge >= 0.3 is 0 Å². The summed E-state index contributed by atoms with van der Waals surface area (Å²) >= 11 is 1.68. The topological polar surface area (TPSA) is 50.7 Å². The number of nitrogens with one attached hydrogen (secondary N) is 1. The van der Waals surface area contributed by atoms with E-state index in [0.717, 1.165) is 54.6 Å². The van der Waals surface area contributed by atoms with Gasteiger partial charge in [-0.15, -0.1) is 11.3 Å². The molecule has 1 N–H and O–H groups in total. The quantitative estimate of drug-likeness (QED) is 0.918. The van der Waals surface area contributed by atoms with Crippen molar-refractivity contribution >= 4 is 17.2 Å². The van der Waals surface area contributed by atoms with Gasteiger partial charge in [0, 0.05) is 23.2 Å². The minimum atomic E-state index is 0.735. The first kappa shape index (κ1) is 13.5. The first-order valence-electron chi connectivity index (χ1n) is 7.30. The van der Waals surface area contributed by atoms with Crippen LogP contribution in [0.1, 0.15) is 47.5 Å². The van der Waals surface area contributed by atoms with Crippen LogP contribution in [0.15, 0.2) is 5.38 Å². The molecule has 5 heteroatoms. The SMILES string of the molecule is CCCNc1nc(Cc2csc(C)n2)nc2c1CCC2.